The summed E-state index contributed by atoms with van der Waals surface area (Å²) in [6.45, 7) is 6.31. The molecule has 5 nitrogen and oxygen atoms in total. The molecular weight excluding hydrogens is 292 g/mol. The molecule has 1 saturated heterocycles. The van der Waals surface area contributed by atoms with Gasteiger partial charge in [0.05, 0.1) is 5.56 Å². The number of hydrogen-bond acceptors (Lipinski definition) is 4. The number of aromatic hydroxyl groups is 1. The van der Waals surface area contributed by atoms with Gasteiger partial charge >= 0.3 is 0 Å². The average Bonchev–Trinajstić information content (AvgIpc) is 2.42. The highest BCUT2D eigenvalue weighted by molar-refractivity contribution is 6.31. The fourth-order valence-corrected chi connectivity index (χ4v) is 2.75. The summed E-state index contributed by atoms with van der Waals surface area (Å²) in [5.41, 5.74) is 0.892. The highest BCUT2D eigenvalue weighted by Crippen LogP contribution is 2.29. The Bertz CT molecular complexity index is 566. The fraction of sp³-hybridized carbons (Fsp3) is 0.467. The normalized spacial score (nSPS) is 16.0. The van der Waals surface area contributed by atoms with Gasteiger partial charge in [-0.05, 0) is 19.1 Å². The van der Waals surface area contributed by atoms with Crippen molar-refractivity contribution >= 4 is 23.3 Å². The Morgan fingerprint density at radius 3 is 2.33 bits per heavy atom. The number of halogens is 1. The lowest BCUT2D eigenvalue weighted by molar-refractivity contribution is -0.130. The number of phenols is 1. The Balaban J connectivity index is 2.10. The van der Waals surface area contributed by atoms with E-state index in [1.807, 2.05) is 0 Å². The van der Waals surface area contributed by atoms with Crippen LogP contribution in [0.2, 0.25) is 5.02 Å². The van der Waals surface area contributed by atoms with E-state index in [9.17, 15) is 14.7 Å². The number of carbonyl (C=O) groups excluding carboxylic acids is 2. The van der Waals surface area contributed by atoms with E-state index < -0.39 is 0 Å². The van der Waals surface area contributed by atoms with Crippen LogP contribution in [0, 0.1) is 0 Å². The molecule has 1 heterocycles. The number of benzene rings is 1. The summed E-state index contributed by atoms with van der Waals surface area (Å²) >= 11 is 6.01. The number of carbonyl (C=O) groups is 2. The molecule has 1 N–H and O–H groups in total. The summed E-state index contributed by atoms with van der Waals surface area (Å²) < 4.78 is 0. The molecule has 0 spiro atoms. The van der Waals surface area contributed by atoms with Gasteiger partial charge in [-0.3, -0.25) is 14.5 Å². The Kier molecular flexibility index (Phi) is 4.85. The first-order valence-corrected chi connectivity index (χ1v) is 7.26. The number of Topliss-reactive ketones (excluding diaryl/α,β-unsaturated/α-hetero) is 1. The van der Waals surface area contributed by atoms with Crippen LogP contribution in [0.3, 0.4) is 0 Å². The van der Waals surface area contributed by atoms with Gasteiger partial charge in [0.2, 0.25) is 5.91 Å². The largest absolute Gasteiger partial charge is 0.507 e. The Hall–Kier alpha value is -1.59. The van der Waals surface area contributed by atoms with E-state index in [4.69, 9.17) is 11.6 Å². The summed E-state index contributed by atoms with van der Waals surface area (Å²) in [4.78, 5) is 26.7. The fourth-order valence-electron chi connectivity index (χ4n) is 2.51. The lowest BCUT2D eigenvalue weighted by Crippen LogP contribution is -2.47. The van der Waals surface area contributed by atoms with Crippen molar-refractivity contribution in [2.45, 2.75) is 20.4 Å². The van der Waals surface area contributed by atoms with E-state index in [1.54, 1.807) is 17.9 Å². The van der Waals surface area contributed by atoms with Crippen LogP contribution in [0.25, 0.3) is 0 Å². The standard InChI is InChI=1S/C15H19ClN2O3/c1-10(19)14-8-13(16)7-12(15(14)21)9-17-3-5-18(6-4-17)11(2)20/h7-8,21H,3-6,9H2,1-2H3. The van der Waals surface area contributed by atoms with Gasteiger partial charge in [0.15, 0.2) is 5.78 Å². The molecule has 0 aromatic heterocycles. The third kappa shape index (κ3) is 3.74. The van der Waals surface area contributed by atoms with Crippen molar-refractivity contribution < 1.29 is 14.7 Å². The molecule has 1 aromatic rings. The number of nitrogens with zero attached hydrogens (tertiary/aromatic N) is 2. The van der Waals surface area contributed by atoms with Crippen LogP contribution in [0.4, 0.5) is 0 Å². The van der Waals surface area contributed by atoms with Crippen molar-refractivity contribution in [3.8, 4) is 5.75 Å². The highest BCUT2D eigenvalue weighted by atomic mass is 35.5. The van der Waals surface area contributed by atoms with E-state index in [0.717, 1.165) is 13.1 Å². The Labute approximate surface area is 129 Å². The van der Waals surface area contributed by atoms with Crippen LogP contribution in [-0.4, -0.2) is 52.8 Å². The predicted octanol–water partition coefficient (Wildman–Crippen LogP) is 1.91. The van der Waals surface area contributed by atoms with Crippen LogP contribution in [-0.2, 0) is 11.3 Å². The molecule has 0 saturated carbocycles. The van der Waals surface area contributed by atoms with Crippen molar-refractivity contribution in [1.82, 2.24) is 9.80 Å². The first kappa shape index (κ1) is 15.8. The van der Waals surface area contributed by atoms with Crippen molar-refractivity contribution in [2.24, 2.45) is 0 Å². The van der Waals surface area contributed by atoms with Gasteiger partial charge in [-0.2, -0.15) is 0 Å². The van der Waals surface area contributed by atoms with Crippen molar-refractivity contribution in [1.29, 1.82) is 0 Å². The number of amides is 1. The molecular formula is C15H19ClN2O3. The van der Waals surface area contributed by atoms with E-state index in [1.165, 1.54) is 13.0 Å². The lowest BCUT2D eigenvalue weighted by Gasteiger charge is -2.34. The second kappa shape index (κ2) is 6.45. The van der Waals surface area contributed by atoms with E-state index in [-0.39, 0.29) is 23.0 Å². The second-order valence-corrected chi connectivity index (χ2v) is 5.74. The molecule has 21 heavy (non-hydrogen) atoms. The molecule has 0 atom stereocenters. The van der Waals surface area contributed by atoms with Gasteiger partial charge in [0.25, 0.3) is 0 Å². The maximum atomic E-state index is 11.5. The third-order valence-corrected chi connectivity index (χ3v) is 3.96. The maximum Gasteiger partial charge on any atom is 0.219 e. The third-order valence-electron chi connectivity index (χ3n) is 3.74. The quantitative estimate of drug-likeness (QED) is 0.866. The Morgan fingerprint density at radius 2 is 1.81 bits per heavy atom. The molecule has 0 unspecified atom stereocenters. The zero-order chi connectivity index (χ0) is 15.6. The predicted molar refractivity (Wildman–Crippen MR) is 80.7 cm³/mol. The summed E-state index contributed by atoms with van der Waals surface area (Å²) in [5.74, 6) is -0.127. The minimum absolute atomic E-state index is 0.000831. The number of piperazine rings is 1. The molecule has 0 aliphatic carbocycles. The molecule has 6 heteroatoms. The van der Waals surface area contributed by atoms with Crippen LogP contribution >= 0.6 is 11.6 Å². The summed E-state index contributed by atoms with van der Waals surface area (Å²) in [6.07, 6.45) is 0. The summed E-state index contributed by atoms with van der Waals surface area (Å²) in [7, 11) is 0. The number of hydrogen-bond donors (Lipinski definition) is 1. The molecule has 1 fully saturated rings. The Morgan fingerprint density at radius 1 is 1.19 bits per heavy atom. The molecule has 2 rings (SSSR count). The van der Waals surface area contributed by atoms with Gasteiger partial charge in [0.1, 0.15) is 5.75 Å². The molecule has 0 radical (unpaired) electrons. The number of rotatable bonds is 3. The number of phenolic OH excluding ortho intramolecular Hbond substituents is 1. The van der Waals surface area contributed by atoms with E-state index in [2.05, 4.69) is 4.90 Å². The first-order chi connectivity index (χ1) is 9.88. The summed E-state index contributed by atoms with van der Waals surface area (Å²) in [5, 5.41) is 10.6. The topological polar surface area (TPSA) is 60.9 Å². The summed E-state index contributed by atoms with van der Waals surface area (Å²) in [6, 6.07) is 3.16. The van der Waals surface area contributed by atoms with Crippen molar-refractivity contribution in [2.75, 3.05) is 26.2 Å². The van der Waals surface area contributed by atoms with Gasteiger partial charge in [-0.15, -0.1) is 0 Å². The van der Waals surface area contributed by atoms with Gasteiger partial charge < -0.3 is 10.0 Å². The SMILES string of the molecule is CC(=O)c1cc(Cl)cc(CN2CCN(C(C)=O)CC2)c1O. The van der Waals surface area contributed by atoms with E-state index >= 15 is 0 Å². The zero-order valence-electron chi connectivity index (χ0n) is 12.2. The van der Waals surface area contributed by atoms with E-state index in [0.29, 0.717) is 30.2 Å². The van der Waals surface area contributed by atoms with Gasteiger partial charge in [-0.25, -0.2) is 0 Å². The minimum atomic E-state index is -0.211. The number of ketones is 1. The molecule has 1 aliphatic rings. The smallest absolute Gasteiger partial charge is 0.219 e. The van der Waals surface area contributed by atoms with Crippen LogP contribution in [0.15, 0.2) is 12.1 Å². The molecule has 1 aromatic carbocycles. The highest BCUT2D eigenvalue weighted by Gasteiger charge is 2.21. The second-order valence-electron chi connectivity index (χ2n) is 5.30. The maximum absolute atomic E-state index is 11.5. The molecule has 0 bridgehead atoms. The molecule has 1 aliphatic heterocycles. The van der Waals surface area contributed by atoms with Crippen molar-refractivity contribution in [3.05, 3.63) is 28.3 Å². The van der Waals surface area contributed by atoms with Crippen LogP contribution in [0.1, 0.15) is 29.8 Å². The monoisotopic (exact) mass is 310 g/mol. The molecule has 114 valence electrons. The zero-order valence-corrected chi connectivity index (χ0v) is 13.0. The first-order valence-electron chi connectivity index (χ1n) is 6.88. The van der Waals surface area contributed by atoms with Gasteiger partial charge in [0, 0.05) is 50.2 Å². The average molecular weight is 311 g/mol. The van der Waals surface area contributed by atoms with Gasteiger partial charge in [-0.1, -0.05) is 11.6 Å². The van der Waals surface area contributed by atoms with Crippen LogP contribution in [0.5, 0.6) is 5.75 Å². The lowest BCUT2D eigenvalue weighted by atomic mass is 10.1. The van der Waals surface area contributed by atoms with Crippen LogP contribution < -0.4 is 0 Å². The molecule has 1 amide bonds. The minimum Gasteiger partial charge on any atom is -0.507 e. The van der Waals surface area contributed by atoms with Crippen molar-refractivity contribution in [3.63, 3.8) is 0 Å².